The first-order valence-electron chi connectivity index (χ1n) is 13.6. The highest BCUT2D eigenvalue weighted by molar-refractivity contribution is 9.10. The van der Waals surface area contributed by atoms with Crippen molar-refractivity contribution in [2.75, 3.05) is 4.90 Å². The molecule has 0 saturated heterocycles. The molecule has 0 bridgehead atoms. The molecule has 0 radical (unpaired) electrons. The van der Waals surface area contributed by atoms with Crippen LogP contribution >= 0.6 is 27.7 Å². The topological polar surface area (TPSA) is 29.5 Å². The summed E-state index contributed by atoms with van der Waals surface area (Å²) in [6.07, 6.45) is 0.553. The lowest BCUT2D eigenvalue weighted by atomic mass is 9.87. The molecule has 2 atom stereocenters. The number of hydrogen-bond acceptors (Lipinski definition) is 3. The Kier molecular flexibility index (Phi) is 6.77. The molecule has 5 heteroatoms. The zero-order valence-corrected chi connectivity index (χ0v) is 24.5. The first kappa shape index (κ1) is 25.9. The van der Waals surface area contributed by atoms with Crippen LogP contribution in [-0.2, 0) is 15.3 Å². The van der Waals surface area contributed by atoms with Crippen molar-refractivity contribution in [2.24, 2.45) is 0 Å². The van der Waals surface area contributed by atoms with Crippen LogP contribution in [-0.4, -0.2) is 5.91 Å². The van der Waals surface area contributed by atoms with E-state index in [2.05, 4.69) is 52.3 Å². The SMILES string of the molecule is O=C1C(c2ccccc2)=C(c2ccccc2)O[C@@]2(c3ccccc3)C[C@H](c3cccc(Br)c3)Sc3ccccc3N12. The number of benzene rings is 5. The number of para-hydroxylation sites is 1. The van der Waals surface area contributed by atoms with Crippen molar-refractivity contribution in [1.82, 2.24) is 0 Å². The second-order valence-corrected chi connectivity index (χ2v) is 12.3. The number of hydrogen-bond donors (Lipinski definition) is 0. The van der Waals surface area contributed by atoms with Crippen molar-refractivity contribution >= 4 is 50.6 Å². The molecule has 0 aliphatic carbocycles. The summed E-state index contributed by atoms with van der Waals surface area (Å²) in [5.41, 5.74) is 4.13. The van der Waals surface area contributed by atoms with Crippen LogP contribution in [0.1, 0.15) is 33.9 Å². The molecule has 0 aromatic heterocycles. The summed E-state index contributed by atoms with van der Waals surface area (Å²) in [6, 6.07) is 46.7. The van der Waals surface area contributed by atoms with Gasteiger partial charge >= 0.3 is 0 Å². The molecule has 41 heavy (non-hydrogen) atoms. The van der Waals surface area contributed by atoms with Crippen LogP contribution in [0, 0.1) is 0 Å². The maximum Gasteiger partial charge on any atom is 0.266 e. The number of nitrogens with zero attached hydrogens (tertiary/aromatic N) is 1. The summed E-state index contributed by atoms with van der Waals surface area (Å²) in [5.74, 6) is 0.521. The number of ether oxygens (including phenoxy) is 1. The highest BCUT2D eigenvalue weighted by Gasteiger charge is 2.54. The van der Waals surface area contributed by atoms with Gasteiger partial charge in [0.05, 0.1) is 11.3 Å². The van der Waals surface area contributed by atoms with Gasteiger partial charge < -0.3 is 4.74 Å². The summed E-state index contributed by atoms with van der Waals surface area (Å²) >= 11 is 5.46. The van der Waals surface area contributed by atoms with Gasteiger partial charge in [-0.25, -0.2) is 0 Å². The Labute approximate surface area is 252 Å². The number of carbonyl (C=O) groups is 1. The Morgan fingerprint density at radius 2 is 1.37 bits per heavy atom. The maximum atomic E-state index is 15.1. The van der Waals surface area contributed by atoms with Crippen molar-refractivity contribution in [3.05, 3.63) is 166 Å². The lowest BCUT2D eigenvalue weighted by molar-refractivity contribution is -0.120. The summed E-state index contributed by atoms with van der Waals surface area (Å²) in [7, 11) is 0. The van der Waals surface area contributed by atoms with Crippen LogP contribution in [0.3, 0.4) is 0 Å². The fourth-order valence-corrected chi connectivity index (χ4v) is 7.57. The van der Waals surface area contributed by atoms with E-state index < -0.39 is 5.72 Å². The van der Waals surface area contributed by atoms with Crippen LogP contribution in [0.4, 0.5) is 5.69 Å². The maximum absolute atomic E-state index is 15.1. The third-order valence-electron chi connectivity index (χ3n) is 7.66. The molecule has 200 valence electrons. The zero-order valence-electron chi connectivity index (χ0n) is 22.1. The molecule has 0 spiro atoms. The highest BCUT2D eigenvalue weighted by atomic mass is 79.9. The minimum Gasteiger partial charge on any atom is -0.462 e. The van der Waals surface area contributed by atoms with Crippen LogP contribution in [0.25, 0.3) is 11.3 Å². The number of amides is 1. The van der Waals surface area contributed by atoms with Gasteiger partial charge in [0.25, 0.3) is 5.91 Å². The lowest BCUT2D eigenvalue weighted by Crippen LogP contribution is -2.55. The van der Waals surface area contributed by atoms with Crippen molar-refractivity contribution in [3.8, 4) is 0 Å². The molecule has 2 heterocycles. The molecule has 7 rings (SSSR count). The summed E-state index contributed by atoms with van der Waals surface area (Å²) in [4.78, 5) is 18.1. The van der Waals surface area contributed by atoms with Gasteiger partial charge in [-0.2, -0.15) is 0 Å². The molecule has 0 saturated carbocycles. The predicted molar refractivity (Wildman–Crippen MR) is 170 cm³/mol. The number of anilines is 1. The second-order valence-electron chi connectivity index (χ2n) is 10.2. The predicted octanol–water partition coefficient (Wildman–Crippen LogP) is 9.47. The first-order chi connectivity index (χ1) is 20.1. The quantitative estimate of drug-likeness (QED) is 0.202. The Hall–Kier alpha value is -4.06. The summed E-state index contributed by atoms with van der Waals surface area (Å²) in [6.45, 7) is 0. The fraction of sp³-hybridized carbons (Fsp3) is 0.0833. The fourth-order valence-electron chi connectivity index (χ4n) is 5.81. The molecule has 0 unspecified atom stereocenters. The normalized spacial score (nSPS) is 20.1. The van der Waals surface area contributed by atoms with Gasteiger partial charge in [0.1, 0.15) is 5.76 Å². The summed E-state index contributed by atoms with van der Waals surface area (Å²) in [5, 5.41) is 0.0157. The van der Waals surface area contributed by atoms with E-state index in [-0.39, 0.29) is 11.2 Å². The third kappa shape index (κ3) is 4.59. The van der Waals surface area contributed by atoms with E-state index in [1.807, 2.05) is 108 Å². The van der Waals surface area contributed by atoms with Crippen molar-refractivity contribution < 1.29 is 9.53 Å². The third-order valence-corrected chi connectivity index (χ3v) is 9.47. The van der Waals surface area contributed by atoms with E-state index >= 15 is 4.79 Å². The molecule has 0 fully saturated rings. The number of rotatable bonds is 4. The molecule has 5 aromatic carbocycles. The zero-order chi connectivity index (χ0) is 27.8. The number of fused-ring (bicyclic) bond motifs is 3. The lowest BCUT2D eigenvalue weighted by Gasteiger charge is -2.48. The smallest absolute Gasteiger partial charge is 0.266 e. The Balaban J connectivity index is 1.55. The molecular weight excluding hydrogens is 590 g/mol. The molecular formula is C36H26BrNO2S. The van der Waals surface area contributed by atoms with Crippen molar-refractivity contribution in [3.63, 3.8) is 0 Å². The van der Waals surface area contributed by atoms with Gasteiger partial charge in [-0.1, -0.05) is 131 Å². The first-order valence-corrected chi connectivity index (χ1v) is 15.3. The van der Waals surface area contributed by atoms with Crippen molar-refractivity contribution in [1.29, 1.82) is 0 Å². The van der Waals surface area contributed by atoms with Gasteiger partial charge in [-0.15, -0.1) is 11.8 Å². The van der Waals surface area contributed by atoms with Gasteiger partial charge in [0, 0.05) is 32.2 Å². The average Bonchev–Trinajstić information content (AvgIpc) is 3.18. The average molecular weight is 617 g/mol. The van der Waals surface area contributed by atoms with Crippen molar-refractivity contribution in [2.45, 2.75) is 22.3 Å². The van der Waals surface area contributed by atoms with E-state index in [0.29, 0.717) is 17.8 Å². The van der Waals surface area contributed by atoms with E-state index in [1.54, 1.807) is 11.8 Å². The monoisotopic (exact) mass is 615 g/mol. The van der Waals surface area contributed by atoms with Gasteiger partial charge in [-0.3, -0.25) is 9.69 Å². The standard InChI is InChI=1S/C36H26BrNO2S/c37-29-20-12-17-27(23-29)32-24-36(28-18-8-3-9-19-28)38(30-21-10-11-22-31(30)41-32)35(39)33(25-13-4-1-5-14-25)34(40-36)26-15-6-2-7-16-26/h1-23,32H,24H2/t32-,36-/m1/s1. The Bertz CT molecular complexity index is 1760. The minimum atomic E-state index is -1.09. The van der Waals surface area contributed by atoms with Crippen LogP contribution < -0.4 is 4.90 Å². The van der Waals surface area contributed by atoms with Gasteiger partial charge in [0.2, 0.25) is 5.72 Å². The molecule has 1 amide bonds. The van der Waals surface area contributed by atoms with E-state index in [9.17, 15) is 0 Å². The molecule has 0 N–H and O–H groups in total. The van der Waals surface area contributed by atoms with Crippen LogP contribution in [0.5, 0.6) is 0 Å². The van der Waals surface area contributed by atoms with E-state index in [0.717, 1.165) is 31.7 Å². The Morgan fingerprint density at radius 1 is 0.732 bits per heavy atom. The minimum absolute atomic E-state index is 0.0157. The summed E-state index contributed by atoms with van der Waals surface area (Å²) < 4.78 is 8.39. The number of halogens is 1. The Morgan fingerprint density at radius 3 is 2.07 bits per heavy atom. The highest BCUT2D eigenvalue weighted by Crippen LogP contribution is 2.58. The molecule has 2 aliphatic rings. The molecule has 2 aliphatic heterocycles. The second kappa shape index (κ2) is 10.7. The van der Waals surface area contributed by atoms with Crippen LogP contribution in [0.15, 0.2) is 149 Å². The molecule has 5 aromatic rings. The van der Waals surface area contributed by atoms with Gasteiger partial charge in [0.15, 0.2) is 0 Å². The number of thioether (sulfide) groups is 1. The van der Waals surface area contributed by atoms with E-state index in [1.165, 1.54) is 5.56 Å². The number of carbonyl (C=O) groups excluding carboxylic acids is 1. The van der Waals surface area contributed by atoms with E-state index in [4.69, 9.17) is 4.74 Å². The van der Waals surface area contributed by atoms with Gasteiger partial charge in [-0.05, 0) is 35.4 Å². The largest absolute Gasteiger partial charge is 0.462 e. The molecule has 3 nitrogen and oxygen atoms in total. The van der Waals surface area contributed by atoms with Crippen LogP contribution in [0.2, 0.25) is 0 Å².